The van der Waals surface area contributed by atoms with E-state index in [2.05, 4.69) is 42.5 Å². The number of aromatic nitrogens is 2. The number of amides is 7. The lowest BCUT2D eigenvalue weighted by Crippen LogP contribution is -2.52. The molecule has 3 aliphatic heterocycles. The van der Waals surface area contributed by atoms with Crippen molar-refractivity contribution in [3.8, 4) is 11.1 Å². The average Bonchev–Trinajstić information content (AvgIpc) is 4.10. The molecule has 18 heteroatoms. The van der Waals surface area contributed by atoms with Crippen LogP contribution in [0.2, 0.25) is 0 Å². The van der Waals surface area contributed by atoms with Crippen LogP contribution in [-0.4, -0.2) is 101 Å². The molecule has 0 spiro atoms. The molecule has 5 heterocycles. The summed E-state index contributed by atoms with van der Waals surface area (Å²) in [6.07, 6.45) is 11.5. The van der Waals surface area contributed by atoms with Crippen LogP contribution < -0.4 is 37.0 Å². The Morgan fingerprint density at radius 1 is 0.770 bits per heavy atom. The molecule has 2 aromatic carbocycles. The van der Waals surface area contributed by atoms with E-state index in [0.717, 1.165) is 85.0 Å². The van der Waals surface area contributed by atoms with Crippen LogP contribution >= 0.6 is 11.8 Å². The van der Waals surface area contributed by atoms with Gasteiger partial charge in [-0.3, -0.25) is 43.7 Å². The van der Waals surface area contributed by atoms with Gasteiger partial charge >= 0.3 is 0 Å². The van der Waals surface area contributed by atoms with Crippen molar-refractivity contribution >= 4 is 70.2 Å². The summed E-state index contributed by atoms with van der Waals surface area (Å²) in [5.41, 5.74) is 7.76. The Labute approximate surface area is 441 Å². The van der Waals surface area contributed by atoms with Gasteiger partial charge in [-0.2, -0.15) is 11.8 Å². The lowest BCUT2D eigenvalue weighted by Gasteiger charge is -2.29. The summed E-state index contributed by atoms with van der Waals surface area (Å²) in [6.45, 7) is 18.5. The number of thioether (sulfide) groups is 1. The number of H-pyrrole nitrogens is 1. The van der Waals surface area contributed by atoms with Gasteiger partial charge in [0, 0.05) is 117 Å². The van der Waals surface area contributed by atoms with Gasteiger partial charge in [0.15, 0.2) is 0 Å². The third-order valence-electron chi connectivity index (χ3n) is 13.0. The average molecular weight is 1040 g/mol. The minimum atomic E-state index is -0.645. The molecule has 17 nitrogen and oxygen atoms in total. The van der Waals surface area contributed by atoms with Gasteiger partial charge < -0.3 is 40.6 Å². The van der Waals surface area contributed by atoms with Gasteiger partial charge in [0.2, 0.25) is 24.1 Å². The van der Waals surface area contributed by atoms with Crippen LogP contribution in [0.15, 0.2) is 41.3 Å². The molecule has 74 heavy (non-hydrogen) atoms. The van der Waals surface area contributed by atoms with Crippen LogP contribution in [0.5, 0.6) is 0 Å². The molecule has 0 bridgehead atoms. The summed E-state index contributed by atoms with van der Waals surface area (Å²) >= 11 is 1.62. The molecule has 4 aliphatic rings. The highest BCUT2D eigenvalue weighted by atomic mass is 32.2. The zero-order valence-electron chi connectivity index (χ0n) is 45.4. The number of carbonyl (C=O) groups is 7. The molecule has 1 aliphatic carbocycles. The molecule has 1 saturated carbocycles. The normalized spacial score (nSPS) is 14.9. The summed E-state index contributed by atoms with van der Waals surface area (Å²) in [4.78, 5) is 109. The van der Waals surface area contributed by atoms with Gasteiger partial charge in [0.1, 0.15) is 17.3 Å². The fourth-order valence-electron chi connectivity index (χ4n) is 9.47. The highest BCUT2D eigenvalue weighted by Crippen LogP contribution is 2.45. The molecule has 4 aromatic rings. The molecule has 2 fully saturated rings. The fraction of sp³-hybridized carbons (Fsp3) is 0.536. The largest absolute Gasteiger partial charge is 0.366 e. The minimum absolute atomic E-state index is 0.118. The number of fused-ring (bicyclic) bond motifs is 3. The van der Waals surface area contributed by atoms with Gasteiger partial charge in [0.25, 0.3) is 23.3 Å². The monoisotopic (exact) mass is 1040 g/mol. The van der Waals surface area contributed by atoms with Gasteiger partial charge in [-0.05, 0) is 85.6 Å². The first-order valence-corrected chi connectivity index (χ1v) is 28.3. The minimum Gasteiger partial charge on any atom is -0.366 e. The van der Waals surface area contributed by atoms with Crippen molar-refractivity contribution in [1.29, 1.82) is 0 Å². The molecule has 1 atom stereocenters. The summed E-state index contributed by atoms with van der Waals surface area (Å²) in [6, 6.07) is 9.16. The topological polar surface area (TPSA) is 224 Å². The van der Waals surface area contributed by atoms with Crippen LogP contribution in [0.25, 0.3) is 22.0 Å². The highest BCUT2D eigenvalue weighted by molar-refractivity contribution is 7.97. The molecule has 6 N–H and O–H groups in total. The number of nitrogens with one attached hydrogen (secondary N) is 6. The summed E-state index contributed by atoms with van der Waals surface area (Å²) in [5.74, 6) is -0.650. The maximum atomic E-state index is 14.1. The number of imide groups is 1. The predicted molar refractivity (Wildman–Crippen MR) is 296 cm³/mol. The molecule has 0 radical (unpaired) electrons. The lowest BCUT2D eigenvalue weighted by atomic mass is 9.95. The van der Waals surface area contributed by atoms with Crippen molar-refractivity contribution in [1.82, 2.24) is 41.0 Å². The Balaban J connectivity index is 0.00000141. The maximum Gasteiger partial charge on any atom is 0.274 e. The number of pyridine rings is 1. The third kappa shape index (κ3) is 14.7. The van der Waals surface area contributed by atoms with E-state index in [9.17, 15) is 38.4 Å². The van der Waals surface area contributed by atoms with E-state index in [-0.39, 0.29) is 67.4 Å². The van der Waals surface area contributed by atoms with Crippen LogP contribution in [0.1, 0.15) is 167 Å². The van der Waals surface area contributed by atoms with Crippen molar-refractivity contribution in [3.63, 3.8) is 0 Å². The quantitative estimate of drug-likeness (QED) is 0.0274. The first kappa shape index (κ1) is 60.1. The molecular formula is C56H81N9O8S. The van der Waals surface area contributed by atoms with E-state index < -0.39 is 17.9 Å². The number of aryl methyl sites for hydroxylation is 2. The molecule has 2 aromatic heterocycles. The zero-order valence-corrected chi connectivity index (χ0v) is 46.3. The number of hydrogen-bond acceptors (Lipinski definition) is 10. The van der Waals surface area contributed by atoms with Crippen molar-refractivity contribution in [3.05, 3.63) is 86.0 Å². The first-order chi connectivity index (χ1) is 36.0. The standard InChI is InChI=1S/C48H57N9O8S.4C2H6/c1-55-23-35-33-20-30(26-66-2)32(44(61)51-16-6-4-3-5-8-29-9-7-10-31-34(29)25-57(47(31)64)37-13-14-40(60)53-45(37)62)21-38(33)56(22-28-11-12-28)24-36-41(35)43(48(55)65)54-42(36)46(63)52-19-18-50-39(59)15-17-49-27-58;4*1-2/h7,9-10,20-21,23,27-28,37,54H,3-6,8,11-19,22,24-26H2,1-2H3,(H,49,58)(H,50,59)(H,51,61)(H,52,63)(H,53,60,62);4*1-2H3. The van der Waals surface area contributed by atoms with Gasteiger partial charge in [0.05, 0.1) is 0 Å². The van der Waals surface area contributed by atoms with Crippen LogP contribution in [-0.2, 0) is 51.5 Å². The molecule has 404 valence electrons. The number of nitrogens with zero attached hydrogens (tertiary/aromatic N) is 3. The molecular weight excluding hydrogens is 959 g/mol. The second kappa shape index (κ2) is 30.1. The lowest BCUT2D eigenvalue weighted by molar-refractivity contribution is -0.137. The van der Waals surface area contributed by atoms with E-state index >= 15 is 0 Å². The predicted octanol–water partition coefficient (Wildman–Crippen LogP) is 7.51. The number of aromatic amines is 1. The van der Waals surface area contributed by atoms with Crippen LogP contribution in [0, 0.1) is 5.92 Å². The molecule has 1 unspecified atom stereocenters. The first-order valence-electron chi connectivity index (χ1n) is 26.9. The fourth-order valence-corrected chi connectivity index (χ4v) is 10.0. The van der Waals surface area contributed by atoms with E-state index in [1.165, 1.54) is 4.57 Å². The van der Waals surface area contributed by atoms with E-state index in [4.69, 9.17) is 0 Å². The number of rotatable bonds is 21. The second-order valence-corrected chi connectivity index (χ2v) is 18.5. The van der Waals surface area contributed by atoms with Crippen molar-refractivity contribution in [2.45, 2.75) is 144 Å². The van der Waals surface area contributed by atoms with Crippen molar-refractivity contribution in [2.24, 2.45) is 13.0 Å². The molecule has 1 saturated heterocycles. The van der Waals surface area contributed by atoms with Gasteiger partial charge in [-0.25, -0.2) is 0 Å². The number of anilines is 1. The number of hydrogen-bond donors (Lipinski definition) is 6. The Hall–Kier alpha value is -6.43. The Bertz CT molecular complexity index is 2660. The highest BCUT2D eigenvalue weighted by Gasteiger charge is 2.40. The Kier molecular flexibility index (Phi) is 24.4. The smallest absolute Gasteiger partial charge is 0.274 e. The van der Waals surface area contributed by atoms with Crippen LogP contribution in [0.4, 0.5) is 5.69 Å². The number of carbonyl (C=O) groups excluding carboxylic acids is 7. The Morgan fingerprint density at radius 2 is 1.47 bits per heavy atom. The van der Waals surface area contributed by atoms with E-state index in [1.54, 1.807) is 23.7 Å². The SMILES string of the molecule is CC.CC.CC.CC.CSCc1cc2c(cc1C(=O)NCCCCCCc1cccc3c1CN(C1CCC(=O)NC1=O)C3=O)N(CC1CC1)Cc1c(C(=O)NCCNC(=O)CCNC=O)[nH]c3c(=O)n(C)cc-2c13. The third-order valence-corrected chi connectivity index (χ3v) is 13.6. The van der Waals surface area contributed by atoms with Crippen LogP contribution in [0.3, 0.4) is 0 Å². The number of unbranched alkanes of at least 4 members (excludes halogenated alkanes) is 3. The second-order valence-electron chi connectivity index (χ2n) is 17.7. The van der Waals surface area contributed by atoms with Gasteiger partial charge in [-0.15, -0.1) is 0 Å². The summed E-state index contributed by atoms with van der Waals surface area (Å²) in [5, 5.41) is 14.3. The Morgan fingerprint density at radius 3 is 2.16 bits per heavy atom. The molecule has 7 amide bonds. The van der Waals surface area contributed by atoms with Crippen molar-refractivity contribution in [2.75, 3.05) is 43.9 Å². The maximum absolute atomic E-state index is 14.1. The molecule has 8 rings (SSSR count). The van der Waals surface area contributed by atoms with Gasteiger partial charge in [-0.1, -0.05) is 80.4 Å². The summed E-state index contributed by atoms with van der Waals surface area (Å²) in [7, 11) is 1.69. The number of benzene rings is 2. The number of piperidine rings is 1. The zero-order chi connectivity index (χ0) is 54.5. The van der Waals surface area contributed by atoms with E-state index in [0.29, 0.717) is 71.7 Å². The summed E-state index contributed by atoms with van der Waals surface area (Å²) < 4.78 is 1.52. The van der Waals surface area contributed by atoms with E-state index in [1.807, 2.05) is 92.1 Å². The van der Waals surface area contributed by atoms with Crippen molar-refractivity contribution < 1.29 is 33.6 Å².